The van der Waals surface area contributed by atoms with Crippen LogP contribution in [0.4, 0.5) is 5.69 Å². The summed E-state index contributed by atoms with van der Waals surface area (Å²) in [6.07, 6.45) is -0.415. The zero-order chi connectivity index (χ0) is 18.6. The fourth-order valence-corrected chi connectivity index (χ4v) is 3.82. The van der Waals surface area contributed by atoms with Crippen molar-refractivity contribution in [1.29, 1.82) is 0 Å². The van der Waals surface area contributed by atoms with Gasteiger partial charge in [0.2, 0.25) is 5.91 Å². The van der Waals surface area contributed by atoms with E-state index in [-0.39, 0.29) is 5.91 Å². The van der Waals surface area contributed by atoms with Crippen LogP contribution in [0, 0.1) is 13.8 Å². The first-order valence-electron chi connectivity index (χ1n) is 8.61. The molecular weight excluding hydrogens is 330 g/mol. The molecule has 0 saturated heterocycles. The number of pyridine rings is 1. The molecule has 6 heteroatoms. The van der Waals surface area contributed by atoms with E-state index < -0.39 is 18.2 Å². The maximum absolute atomic E-state index is 12.6. The molecule has 6 nitrogen and oxygen atoms in total. The van der Waals surface area contributed by atoms with Crippen LogP contribution in [0.5, 0.6) is 0 Å². The van der Waals surface area contributed by atoms with Gasteiger partial charge in [-0.25, -0.2) is 4.98 Å². The lowest BCUT2D eigenvalue weighted by molar-refractivity contribution is -0.118. The summed E-state index contributed by atoms with van der Waals surface area (Å²) in [5.74, 6) is -0.211. The highest BCUT2D eigenvalue weighted by Gasteiger charge is 2.43. The molecule has 1 unspecified atom stereocenters. The lowest BCUT2D eigenvalue weighted by Gasteiger charge is -2.42. The number of hydrogen-bond acceptors (Lipinski definition) is 4. The Bertz CT molecular complexity index is 996. The highest BCUT2D eigenvalue weighted by molar-refractivity contribution is 5.98. The Kier molecular flexibility index (Phi) is 3.82. The third-order valence-corrected chi connectivity index (χ3v) is 5.24. The SMILES string of the molecule is CC(=O)N1c2c(ccn3c(C)c(C)nc23)C(O)[C@H](O)[C@H]1c1ccccc1. The van der Waals surface area contributed by atoms with Gasteiger partial charge in [0.1, 0.15) is 12.2 Å². The van der Waals surface area contributed by atoms with Gasteiger partial charge in [0.05, 0.1) is 17.4 Å². The van der Waals surface area contributed by atoms with Crippen LogP contribution in [-0.2, 0) is 4.79 Å². The molecule has 1 aliphatic heterocycles. The Morgan fingerprint density at radius 1 is 1.12 bits per heavy atom. The third kappa shape index (κ3) is 2.26. The van der Waals surface area contributed by atoms with Crippen LogP contribution in [0.15, 0.2) is 42.6 Å². The summed E-state index contributed by atoms with van der Waals surface area (Å²) in [5.41, 5.74) is 4.28. The number of aliphatic hydroxyl groups is 2. The summed E-state index contributed by atoms with van der Waals surface area (Å²) < 4.78 is 1.91. The number of benzene rings is 1. The molecule has 4 rings (SSSR count). The quantitative estimate of drug-likeness (QED) is 0.706. The van der Waals surface area contributed by atoms with Gasteiger partial charge in [0.15, 0.2) is 5.65 Å². The zero-order valence-corrected chi connectivity index (χ0v) is 14.9. The predicted molar refractivity (Wildman–Crippen MR) is 98.0 cm³/mol. The minimum Gasteiger partial charge on any atom is -0.388 e. The Morgan fingerprint density at radius 3 is 2.46 bits per heavy atom. The van der Waals surface area contributed by atoms with Gasteiger partial charge < -0.3 is 14.6 Å². The van der Waals surface area contributed by atoms with Crippen molar-refractivity contribution in [2.75, 3.05) is 4.90 Å². The fourth-order valence-electron chi connectivity index (χ4n) is 3.82. The molecule has 1 amide bonds. The third-order valence-electron chi connectivity index (χ3n) is 5.24. The lowest BCUT2D eigenvalue weighted by Crippen LogP contribution is -2.46. The first-order chi connectivity index (χ1) is 12.4. The second-order valence-corrected chi connectivity index (χ2v) is 6.78. The van der Waals surface area contributed by atoms with Crippen molar-refractivity contribution >= 4 is 17.2 Å². The van der Waals surface area contributed by atoms with Crippen LogP contribution in [0.3, 0.4) is 0 Å². The number of anilines is 1. The summed E-state index contributed by atoms with van der Waals surface area (Å²) >= 11 is 0. The molecule has 3 atom stereocenters. The second-order valence-electron chi connectivity index (χ2n) is 6.78. The van der Waals surface area contributed by atoms with Crippen LogP contribution < -0.4 is 4.90 Å². The van der Waals surface area contributed by atoms with E-state index in [0.717, 1.165) is 17.0 Å². The molecule has 3 aromatic rings. The number of rotatable bonds is 1. The van der Waals surface area contributed by atoms with E-state index in [1.54, 1.807) is 11.0 Å². The van der Waals surface area contributed by atoms with Gasteiger partial charge >= 0.3 is 0 Å². The van der Waals surface area contributed by atoms with Crippen molar-refractivity contribution in [3.8, 4) is 0 Å². The second kappa shape index (κ2) is 5.93. The number of fused-ring (bicyclic) bond motifs is 3. The molecule has 1 aliphatic rings. The minimum atomic E-state index is -1.13. The highest BCUT2D eigenvalue weighted by atomic mass is 16.3. The molecule has 0 bridgehead atoms. The lowest BCUT2D eigenvalue weighted by atomic mass is 9.87. The number of aliphatic hydroxyl groups excluding tert-OH is 2. The normalized spacial score (nSPS) is 22.5. The Balaban J connectivity index is 2.04. The first-order valence-corrected chi connectivity index (χ1v) is 8.61. The summed E-state index contributed by atoms with van der Waals surface area (Å²) in [6.45, 7) is 5.34. The van der Waals surface area contributed by atoms with Crippen molar-refractivity contribution in [2.24, 2.45) is 0 Å². The zero-order valence-electron chi connectivity index (χ0n) is 14.9. The van der Waals surface area contributed by atoms with Gasteiger partial charge in [-0.2, -0.15) is 0 Å². The topological polar surface area (TPSA) is 78.1 Å². The Labute approximate surface area is 151 Å². The fraction of sp³-hybridized carbons (Fsp3) is 0.300. The van der Waals surface area contributed by atoms with E-state index in [2.05, 4.69) is 4.98 Å². The average Bonchev–Trinajstić information content (AvgIpc) is 2.92. The molecule has 0 fully saturated rings. The van der Waals surface area contributed by atoms with Gasteiger partial charge in [-0.15, -0.1) is 0 Å². The Hall–Kier alpha value is -2.70. The van der Waals surface area contributed by atoms with Gasteiger partial charge in [0, 0.05) is 24.4 Å². The summed E-state index contributed by atoms with van der Waals surface area (Å²) in [4.78, 5) is 18.8. The van der Waals surface area contributed by atoms with Gasteiger partial charge in [-0.05, 0) is 25.5 Å². The predicted octanol–water partition coefficient (Wildman–Crippen LogP) is 2.45. The van der Waals surface area contributed by atoms with Crippen LogP contribution in [0.2, 0.25) is 0 Å². The number of aromatic nitrogens is 2. The number of carbonyl (C=O) groups is 1. The van der Waals surface area contributed by atoms with E-state index in [1.165, 1.54) is 6.92 Å². The monoisotopic (exact) mass is 351 g/mol. The molecule has 0 aliphatic carbocycles. The standard InChI is InChI=1S/C20H21N3O3/c1-11-12(2)22-10-9-15-17(20(22)21-11)23(13(3)24)16(19(26)18(15)25)14-7-5-4-6-8-14/h4-10,16,18-19,25-26H,1-3H3/t16-,18?,19-/m1/s1. The molecule has 2 N–H and O–H groups in total. The molecule has 0 radical (unpaired) electrons. The van der Waals surface area contributed by atoms with E-state index in [4.69, 9.17) is 0 Å². The van der Waals surface area contributed by atoms with Crippen LogP contribution in [-0.4, -0.2) is 31.6 Å². The average molecular weight is 351 g/mol. The minimum absolute atomic E-state index is 0.211. The molecule has 2 aromatic heterocycles. The smallest absolute Gasteiger partial charge is 0.224 e. The highest BCUT2D eigenvalue weighted by Crippen LogP contribution is 2.45. The number of amides is 1. The van der Waals surface area contributed by atoms with Crippen molar-refractivity contribution in [3.05, 3.63) is 65.1 Å². The van der Waals surface area contributed by atoms with Crippen molar-refractivity contribution in [1.82, 2.24) is 9.38 Å². The van der Waals surface area contributed by atoms with E-state index in [1.807, 2.05) is 54.8 Å². The van der Waals surface area contributed by atoms with Gasteiger partial charge in [-0.1, -0.05) is 30.3 Å². The maximum Gasteiger partial charge on any atom is 0.224 e. The number of carbonyl (C=O) groups excluding carboxylic acids is 1. The van der Waals surface area contributed by atoms with E-state index in [0.29, 0.717) is 16.9 Å². The van der Waals surface area contributed by atoms with E-state index >= 15 is 0 Å². The van der Waals surface area contributed by atoms with Crippen LogP contribution in [0.1, 0.15) is 41.6 Å². The summed E-state index contributed by atoms with van der Waals surface area (Å²) in [5, 5.41) is 21.6. The Morgan fingerprint density at radius 2 is 1.81 bits per heavy atom. The van der Waals surface area contributed by atoms with Crippen molar-refractivity contribution in [2.45, 2.75) is 39.0 Å². The van der Waals surface area contributed by atoms with Gasteiger partial charge in [0.25, 0.3) is 0 Å². The largest absolute Gasteiger partial charge is 0.388 e. The first kappa shape index (κ1) is 16.8. The molecule has 0 spiro atoms. The van der Waals surface area contributed by atoms with Crippen molar-refractivity contribution < 1.29 is 15.0 Å². The number of nitrogens with zero attached hydrogens (tertiary/aromatic N) is 3. The van der Waals surface area contributed by atoms with Crippen molar-refractivity contribution in [3.63, 3.8) is 0 Å². The summed E-state index contributed by atoms with van der Waals surface area (Å²) in [6, 6.07) is 10.4. The molecule has 26 heavy (non-hydrogen) atoms. The van der Waals surface area contributed by atoms with Gasteiger partial charge in [-0.3, -0.25) is 9.69 Å². The maximum atomic E-state index is 12.6. The number of imidazole rings is 1. The molecule has 3 heterocycles. The molecule has 1 aromatic carbocycles. The van der Waals surface area contributed by atoms with Crippen LogP contribution in [0.25, 0.3) is 5.65 Å². The summed E-state index contributed by atoms with van der Waals surface area (Å²) in [7, 11) is 0. The number of aryl methyl sites for hydroxylation is 2. The van der Waals surface area contributed by atoms with Crippen LogP contribution >= 0.6 is 0 Å². The molecular formula is C20H21N3O3. The molecule has 134 valence electrons. The van der Waals surface area contributed by atoms with E-state index in [9.17, 15) is 15.0 Å². The molecule has 0 saturated carbocycles. The number of hydrogen-bond donors (Lipinski definition) is 2.